The molecule has 0 unspecified atom stereocenters. The molecule has 312 valence electrons. The molecular formula is C41H75ClO11. The van der Waals surface area contributed by atoms with Crippen molar-refractivity contribution in [2.75, 3.05) is 145 Å². The van der Waals surface area contributed by atoms with Crippen LogP contribution in [0.4, 0.5) is 0 Å². The van der Waals surface area contributed by atoms with Crippen molar-refractivity contribution in [3.8, 4) is 5.75 Å². The van der Waals surface area contributed by atoms with E-state index in [1.165, 1.54) is 63.4 Å². The predicted octanol–water partition coefficient (Wildman–Crippen LogP) is 7.32. The van der Waals surface area contributed by atoms with Gasteiger partial charge in [0.15, 0.2) is 0 Å². The third-order valence-corrected chi connectivity index (χ3v) is 8.28. The molecule has 0 amide bonds. The predicted molar refractivity (Wildman–Crippen MR) is 211 cm³/mol. The molecule has 0 aliphatic rings. The Morgan fingerprint density at radius 1 is 0.340 bits per heavy atom. The fraction of sp³-hybridized carbons (Fsp3) is 0.854. The van der Waals surface area contributed by atoms with E-state index in [9.17, 15) is 0 Å². The summed E-state index contributed by atoms with van der Waals surface area (Å²) in [6.07, 6.45) is 15.0. The first-order valence-electron chi connectivity index (χ1n) is 20.4. The van der Waals surface area contributed by atoms with E-state index >= 15 is 0 Å². The van der Waals surface area contributed by atoms with Crippen molar-refractivity contribution in [1.29, 1.82) is 0 Å². The zero-order valence-electron chi connectivity index (χ0n) is 33.2. The molecule has 0 bridgehead atoms. The molecule has 0 saturated heterocycles. The van der Waals surface area contributed by atoms with Gasteiger partial charge in [-0.05, 0) is 43.4 Å². The summed E-state index contributed by atoms with van der Waals surface area (Å²) >= 11 is 5.66. The second-order valence-electron chi connectivity index (χ2n) is 12.6. The Balaban J connectivity index is 1.68. The third-order valence-electron chi connectivity index (χ3n) is 8.01. The Bertz CT molecular complexity index is 822. The van der Waals surface area contributed by atoms with Gasteiger partial charge in [-0.25, -0.2) is 0 Å². The minimum atomic E-state index is 0.517. The topological polar surface area (TPSA) is 102 Å². The van der Waals surface area contributed by atoms with E-state index in [1.807, 2.05) is 0 Å². The van der Waals surface area contributed by atoms with Crippen LogP contribution in [-0.2, 0) is 53.8 Å². The summed E-state index contributed by atoms with van der Waals surface area (Å²) in [5.41, 5.74) is 1.38. The Kier molecular flexibility index (Phi) is 41.1. The second kappa shape index (κ2) is 43.6. The van der Waals surface area contributed by atoms with Crippen LogP contribution < -0.4 is 4.74 Å². The van der Waals surface area contributed by atoms with Crippen LogP contribution in [0.25, 0.3) is 0 Å². The molecule has 0 aliphatic carbocycles. The van der Waals surface area contributed by atoms with Crippen molar-refractivity contribution in [1.82, 2.24) is 0 Å². The molecule has 1 rings (SSSR count). The molecule has 12 heteroatoms. The standard InChI is InChI=1S/C41H75ClO11/c1-2-3-4-5-6-7-10-13-40-14-16-41(17-15-40)53-39-38-52-37-36-51-35-34-50-33-32-49-31-30-48-29-28-47-27-26-46-25-24-45-23-22-44-21-20-43-19-12-9-8-11-18-42/h14-17H,2-13,18-39H2,1H3. The average molecular weight is 779 g/mol. The van der Waals surface area contributed by atoms with Crippen LogP contribution in [0.5, 0.6) is 5.75 Å². The van der Waals surface area contributed by atoms with E-state index in [-0.39, 0.29) is 0 Å². The maximum atomic E-state index is 5.79. The third kappa shape index (κ3) is 39.0. The zero-order chi connectivity index (χ0) is 37.8. The number of benzene rings is 1. The molecule has 0 aliphatic heterocycles. The summed E-state index contributed by atoms with van der Waals surface area (Å²) in [7, 11) is 0. The van der Waals surface area contributed by atoms with Crippen LogP contribution in [0, 0.1) is 0 Å². The van der Waals surface area contributed by atoms with E-state index in [4.69, 9.17) is 63.7 Å². The molecule has 53 heavy (non-hydrogen) atoms. The second-order valence-corrected chi connectivity index (χ2v) is 13.0. The van der Waals surface area contributed by atoms with Gasteiger partial charge in [-0.2, -0.15) is 0 Å². The van der Waals surface area contributed by atoms with E-state index in [0.29, 0.717) is 132 Å². The lowest BCUT2D eigenvalue weighted by atomic mass is 10.0. The summed E-state index contributed by atoms with van der Waals surface area (Å²) in [6, 6.07) is 8.46. The van der Waals surface area contributed by atoms with Crippen LogP contribution in [0.3, 0.4) is 0 Å². The lowest BCUT2D eigenvalue weighted by molar-refractivity contribution is -0.0267. The Morgan fingerprint density at radius 3 is 1.06 bits per heavy atom. The van der Waals surface area contributed by atoms with Gasteiger partial charge in [0.05, 0.1) is 126 Å². The summed E-state index contributed by atoms with van der Waals surface area (Å²) < 4.78 is 61.0. The quantitative estimate of drug-likeness (QED) is 0.0492. The van der Waals surface area contributed by atoms with Gasteiger partial charge in [0.25, 0.3) is 0 Å². The molecule has 0 aromatic heterocycles. The lowest BCUT2D eigenvalue weighted by Gasteiger charge is -2.09. The molecule has 0 spiro atoms. The molecule has 11 nitrogen and oxygen atoms in total. The molecule has 0 heterocycles. The minimum Gasteiger partial charge on any atom is -0.491 e. The number of ether oxygens (including phenoxy) is 11. The van der Waals surface area contributed by atoms with Gasteiger partial charge in [0.2, 0.25) is 0 Å². The summed E-state index contributed by atoms with van der Waals surface area (Å²) in [5.74, 6) is 1.63. The van der Waals surface area contributed by atoms with E-state index < -0.39 is 0 Å². The van der Waals surface area contributed by atoms with Crippen molar-refractivity contribution in [3.05, 3.63) is 29.8 Å². The number of halogens is 1. The first-order valence-corrected chi connectivity index (χ1v) is 21.0. The SMILES string of the molecule is CCCCCCCCCc1ccc(OCCOCCOCCOCCOCCOCCOCCOCCOCCOCCOCCCCCCCl)cc1. The zero-order valence-corrected chi connectivity index (χ0v) is 34.0. The fourth-order valence-electron chi connectivity index (χ4n) is 4.99. The van der Waals surface area contributed by atoms with Crippen molar-refractivity contribution >= 4 is 11.6 Å². The van der Waals surface area contributed by atoms with Gasteiger partial charge in [-0.1, -0.05) is 70.4 Å². The first-order chi connectivity index (χ1) is 26.4. The summed E-state index contributed by atoms with van der Waals surface area (Å²) in [4.78, 5) is 0. The average Bonchev–Trinajstić information content (AvgIpc) is 3.18. The molecule has 0 saturated carbocycles. The van der Waals surface area contributed by atoms with Crippen molar-refractivity contribution in [3.63, 3.8) is 0 Å². The highest BCUT2D eigenvalue weighted by Gasteiger charge is 1.99. The van der Waals surface area contributed by atoms with E-state index in [1.54, 1.807) is 0 Å². The normalized spacial score (nSPS) is 11.5. The van der Waals surface area contributed by atoms with Gasteiger partial charge < -0.3 is 52.1 Å². The minimum absolute atomic E-state index is 0.517. The van der Waals surface area contributed by atoms with Gasteiger partial charge in [-0.15, -0.1) is 11.6 Å². The Morgan fingerprint density at radius 2 is 0.660 bits per heavy atom. The van der Waals surface area contributed by atoms with Crippen LogP contribution in [0.15, 0.2) is 24.3 Å². The number of unbranched alkanes of at least 4 members (excludes halogenated alkanes) is 9. The number of rotatable bonds is 45. The van der Waals surface area contributed by atoms with Gasteiger partial charge >= 0.3 is 0 Å². The maximum absolute atomic E-state index is 5.79. The number of hydrogen-bond donors (Lipinski definition) is 0. The van der Waals surface area contributed by atoms with E-state index in [2.05, 4.69) is 31.2 Å². The van der Waals surface area contributed by atoms with Crippen LogP contribution >= 0.6 is 11.6 Å². The molecule has 0 radical (unpaired) electrons. The van der Waals surface area contributed by atoms with Gasteiger partial charge in [0, 0.05) is 12.5 Å². The van der Waals surface area contributed by atoms with Crippen LogP contribution in [0.2, 0.25) is 0 Å². The Labute approximate surface area is 327 Å². The first kappa shape index (κ1) is 49.9. The summed E-state index contributed by atoms with van der Waals surface area (Å²) in [6.45, 7) is 13.7. The van der Waals surface area contributed by atoms with Crippen LogP contribution in [-0.4, -0.2) is 145 Å². The van der Waals surface area contributed by atoms with Gasteiger partial charge in [-0.3, -0.25) is 0 Å². The van der Waals surface area contributed by atoms with E-state index in [0.717, 1.165) is 37.5 Å². The lowest BCUT2D eigenvalue weighted by Crippen LogP contribution is -2.15. The highest BCUT2D eigenvalue weighted by molar-refractivity contribution is 6.17. The molecule has 0 N–H and O–H groups in total. The highest BCUT2D eigenvalue weighted by Crippen LogP contribution is 2.15. The summed E-state index contributed by atoms with van der Waals surface area (Å²) in [5, 5.41) is 0. The maximum Gasteiger partial charge on any atom is 0.119 e. The molecular weight excluding hydrogens is 704 g/mol. The largest absolute Gasteiger partial charge is 0.491 e. The monoisotopic (exact) mass is 778 g/mol. The van der Waals surface area contributed by atoms with Gasteiger partial charge in [0.1, 0.15) is 12.4 Å². The number of alkyl halides is 1. The van der Waals surface area contributed by atoms with Crippen LogP contribution in [0.1, 0.15) is 83.1 Å². The van der Waals surface area contributed by atoms with Crippen molar-refractivity contribution < 1.29 is 52.1 Å². The fourth-order valence-corrected chi connectivity index (χ4v) is 5.18. The number of aryl methyl sites for hydroxylation is 1. The Hall–Kier alpha value is -1.09. The molecule has 1 aromatic carbocycles. The smallest absolute Gasteiger partial charge is 0.119 e. The number of hydrogen-bond acceptors (Lipinski definition) is 11. The van der Waals surface area contributed by atoms with Crippen molar-refractivity contribution in [2.24, 2.45) is 0 Å². The molecule has 0 atom stereocenters. The molecule has 0 fully saturated rings. The van der Waals surface area contributed by atoms with Crippen molar-refractivity contribution in [2.45, 2.75) is 84.0 Å². The molecule has 1 aromatic rings. The highest BCUT2D eigenvalue weighted by atomic mass is 35.5.